The summed E-state index contributed by atoms with van der Waals surface area (Å²) < 4.78 is 20.5. The zero-order chi connectivity index (χ0) is 26.1. The van der Waals surface area contributed by atoms with Crippen molar-refractivity contribution in [2.45, 2.75) is 46.7 Å². The maximum absolute atomic E-state index is 14.6. The SMILES string of the molecule is Cc1cccc(OCC(=O)N(Cc2ccccc2F)C(Cc2ccccc2)C(=O)NCC(C)C)c1C. The van der Waals surface area contributed by atoms with E-state index in [2.05, 4.69) is 5.32 Å². The highest BCUT2D eigenvalue weighted by Crippen LogP contribution is 2.22. The van der Waals surface area contributed by atoms with Crippen molar-refractivity contribution >= 4 is 11.8 Å². The molecule has 0 aliphatic rings. The Morgan fingerprint density at radius 2 is 1.64 bits per heavy atom. The third-order valence-corrected chi connectivity index (χ3v) is 6.16. The maximum atomic E-state index is 14.6. The van der Waals surface area contributed by atoms with Crippen molar-refractivity contribution in [1.82, 2.24) is 10.2 Å². The largest absolute Gasteiger partial charge is 0.483 e. The Hall–Kier alpha value is -3.67. The maximum Gasteiger partial charge on any atom is 0.261 e. The van der Waals surface area contributed by atoms with Crippen molar-refractivity contribution in [1.29, 1.82) is 0 Å². The van der Waals surface area contributed by atoms with Gasteiger partial charge in [-0.15, -0.1) is 0 Å². The Labute approximate surface area is 213 Å². The summed E-state index contributed by atoms with van der Waals surface area (Å²) in [6, 6.07) is 20.7. The van der Waals surface area contributed by atoms with Gasteiger partial charge in [0, 0.05) is 25.1 Å². The van der Waals surface area contributed by atoms with E-state index < -0.39 is 11.9 Å². The number of nitrogens with zero attached hydrogens (tertiary/aromatic N) is 1. The molecule has 6 heteroatoms. The standard InChI is InChI=1S/C30H35FN2O3/c1-21(2)18-32-30(35)27(17-24-12-6-5-7-13-24)33(19-25-14-8-9-15-26(25)31)29(34)20-36-28-16-10-11-22(3)23(28)4/h5-16,21,27H,17-20H2,1-4H3,(H,32,35). The molecular formula is C30H35FN2O3. The van der Waals surface area contributed by atoms with E-state index in [1.807, 2.05) is 76.2 Å². The van der Waals surface area contributed by atoms with Gasteiger partial charge in [-0.25, -0.2) is 4.39 Å². The normalized spacial score (nSPS) is 11.7. The van der Waals surface area contributed by atoms with Crippen LogP contribution in [-0.4, -0.2) is 35.9 Å². The van der Waals surface area contributed by atoms with E-state index in [-0.39, 0.29) is 30.9 Å². The molecule has 0 heterocycles. The van der Waals surface area contributed by atoms with Crippen molar-refractivity contribution < 1.29 is 18.7 Å². The highest BCUT2D eigenvalue weighted by atomic mass is 19.1. The molecule has 0 bridgehead atoms. The van der Waals surface area contributed by atoms with E-state index >= 15 is 0 Å². The molecule has 0 aliphatic carbocycles. The van der Waals surface area contributed by atoms with Crippen LogP contribution < -0.4 is 10.1 Å². The summed E-state index contributed by atoms with van der Waals surface area (Å²) in [5, 5.41) is 2.96. The lowest BCUT2D eigenvalue weighted by Crippen LogP contribution is -2.52. The van der Waals surface area contributed by atoms with Gasteiger partial charge < -0.3 is 15.0 Å². The molecule has 0 spiro atoms. The topological polar surface area (TPSA) is 58.6 Å². The van der Waals surface area contributed by atoms with Crippen molar-refractivity contribution in [3.63, 3.8) is 0 Å². The van der Waals surface area contributed by atoms with Gasteiger partial charge in [-0.05, 0) is 48.6 Å². The van der Waals surface area contributed by atoms with Gasteiger partial charge in [0.2, 0.25) is 5.91 Å². The average molecular weight is 491 g/mol. The molecule has 3 aromatic carbocycles. The number of ether oxygens (including phenoxy) is 1. The fourth-order valence-electron chi connectivity index (χ4n) is 3.89. The molecule has 3 rings (SSSR count). The number of carbonyl (C=O) groups is 2. The molecule has 5 nitrogen and oxygen atoms in total. The number of benzene rings is 3. The first-order chi connectivity index (χ1) is 17.3. The number of carbonyl (C=O) groups excluding carboxylic acids is 2. The lowest BCUT2D eigenvalue weighted by atomic mass is 10.0. The Bertz CT molecular complexity index is 1160. The first-order valence-corrected chi connectivity index (χ1v) is 12.3. The van der Waals surface area contributed by atoms with Crippen LogP contribution in [0.3, 0.4) is 0 Å². The van der Waals surface area contributed by atoms with E-state index in [1.165, 1.54) is 11.0 Å². The molecule has 0 aliphatic heterocycles. The van der Waals surface area contributed by atoms with Gasteiger partial charge in [-0.1, -0.05) is 74.5 Å². The molecule has 0 radical (unpaired) electrons. The molecule has 1 atom stereocenters. The minimum absolute atomic E-state index is 0.0474. The van der Waals surface area contributed by atoms with Crippen LogP contribution in [0.15, 0.2) is 72.8 Å². The molecular weight excluding hydrogens is 455 g/mol. The van der Waals surface area contributed by atoms with Crippen LogP contribution in [0.5, 0.6) is 5.75 Å². The van der Waals surface area contributed by atoms with Gasteiger partial charge in [0.25, 0.3) is 5.91 Å². The second-order valence-corrected chi connectivity index (χ2v) is 9.44. The summed E-state index contributed by atoms with van der Waals surface area (Å²) in [5.74, 6) is -0.233. The molecule has 2 amide bonds. The second-order valence-electron chi connectivity index (χ2n) is 9.44. The Balaban J connectivity index is 1.93. The number of halogens is 1. The number of aryl methyl sites for hydroxylation is 1. The summed E-state index contributed by atoms with van der Waals surface area (Å²) in [4.78, 5) is 28.4. The second kappa shape index (κ2) is 12.9. The predicted octanol–water partition coefficient (Wildman–Crippen LogP) is 5.23. The first kappa shape index (κ1) is 26.9. The van der Waals surface area contributed by atoms with E-state index in [9.17, 15) is 14.0 Å². The molecule has 1 N–H and O–H groups in total. The molecule has 1 unspecified atom stereocenters. The number of amides is 2. The molecule has 0 saturated heterocycles. The number of hydrogen-bond acceptors (Lipinski definition) is 3. The lowest BCUT2D eigenvalue weighted by Gasteiger charge is -2.32. The molecule has 190 valence electrons. The fourth-order valence-corrected chi connectivity index (χ4v) is 3.89. The minimum atomic E-state index is -0.833. The van der Waals surface area contributed by atoms with Crippen LogP contribution in [0, 0.1) is 25.6 Å². The Morgan fingerprint density at radius 1 is 0.944 bits per heavy atom. The summed E-state index contributed by atoms with van der Waals surface area (Å²) in [6.45, 7) is 8.09. The van der Waals surface area contributed by atoms with E-state index in [1.54, 1.807) is 18.2 Å². The molecule has 3 aromatic rings. The Kier molecular flexibility index (Phi) is 9.62. The van der Waals surface area contributed by atoms with Crippen molar-refractivity contribution in [3.05, 3.63) is 101 Å². The highest BCUT2D eigenvalue weighted by molar-refractivity contribution is 5.88. The summed E-state index contributed by atoms with van der Waals surface area (Å²) in [7, 11) is 0. The average Bonchev–Trinajstić information content (AvgIpc) is 2.87. The van der Waals surface area contributed by atoms with Gasteiger partial charge in [-0.2, -0.15) is 0 Å². The molecule has 0 fully saturated rings. The smallest absolute Gasteiger partial charge is 0.261 e. The number of nitrogens with one attached hydrogen (secondary N) is 1. The van der Waals surface area contributed by atoms with Crippen LogP contribution in [0.4, 0.5) is 4.39 Å². The zero-order valence-electron chi connectivity index (χ0n) is 21.5. The zero-order valence-corrected chi connectivity index (χ0v) is 21.5. The van der Waals surface area contributed by atoms with Gasteiger partial charge in [0.05, 0.1) is 0 Å². The molecule has 36 heavy (non-hydrogen) atoms. The van der Waals surface area contributed by atoms with Gasteiger partial charge in [0.15, 0.2) is 6.61 Å². The fraction of sp³-hybridized carbons (Fsp3) is 0.333. The van der Waals surface area contributed by atoms with Crippen LogP contribution >= 0.6 is 0 Å². The number of rotatable bonds is 11. The van der Waals surface area contributed by atoms with Crippen molar-refractivity contribution in [2.75, 3.05) is 13.2 Å². The van der Waals surface area contributed by atoms with Gasteiger partial charge in [-0.3, -0.25) is 9.59 Å². The Morgan fingerprint density at radius 3 is 2.33 bits per heavy atom. The third-order valence-electron chi connectivity index (χ3n) is 6.16. The van der Waals surface area contributed by atoms with Gasteiger partial charge >= 0.3 is 0 Å². The minimum Gasteiger partial charge on any atom is -0.483 e. The lowest BCUT2D eigenvalue weighted by molar-refractivity contribution is -0.142. The van der Waals surface area contributed by atoms with Crippen LogP contribution in [-0.2, 0) is 22.6 Å². The monoisotopic (exact) mass is 490 g/mol. The van der Waals surface area contributed by atoms with E-state index in [4.69, 9.17) is 4.74 Å². The molecule has 0 saturated carbocycles. The van der Waals surface area contributed by atoms with Crippen molar-refractivity contribution in [2.24, 2.45) is 5.92 Å². The first-order valence-electron chi connectivity index (χ1n) is 12.3. The predicted molar refractivity (Wildman–Crippen MR) is 140 cm³/mol. The van der Waals surface area contributed by atoms with Crippen molar-refractivity contribution in [3.8, 4) is 5.75 Å². The van der Waals surface area contributed by atoms with Crippen LogP contribution in [0.25, 0.3) is 0 Å². The summed E-state index contributed by atoms with van der Waals surface area (Å²) in [6.07, 6.45) is 0.300. The van der Waals surface area contributed by atoms with E-state index in [0.29, 0.717) is 24.3 Å². The number of hydrogen-bond donors (Lipinski definition) is 1. The molecule has 0 aromatic heterocycles. The summed E-state index contributed by atoms with van der Waals surface area (Å²) >= 11 is 0. The van der Waals surface area contributed by atoms with Gasteiger partial charge in [0.1, 0.15) is 17.6 Å². The van der Waals surface area contributed by atoms with Crippen LogP contribution in [0.2, 0.25) is 0 Å². The summed E-state index contributed by atoms with van der Waals surface area (Å²) in [5.41, 5.74) is 3.25. The highest BCUT2D eigenvalue weighted by Gasteiger charge is 2.31. The van der Waals surface area contributed by atoms with E-state index in [0.717, 1.165) is 16.7 Å². The van der Waals surface area contributed by atoms with Crippen LogP contribution in [0.1, 0.15) is 36.1 Å². The quantitative estimate of drug-likeness (QED) is 0.400. The third kappa shape index (κ3) is 7.41.